The number of aromatic amines is 1. The fraction of sp³-hybridized carbons (Fsp3) is 0.0769. The van der Waals surface area contributed by atoms with Crippen LogP contribution in [0.2, 0.25) is 5.02 Å². The summed E-state index contributed by atoms with van der Waals surface area (Å²) in [7, 11) is 0. The lowest BCUT2D eigenvalue weighted by Crippen LogP contribution is -2.16. The largest absolute Gasteiger partial charge is 0.326 e. The minimum Gasteiger partial charge on any atom is -0.326 e. The molecule has 0 radical (unpaired) electrons. The molecule has 0 spiro atoms. The molecule has 2 rings (SSSR count). The van der Waals surface area contributed by atoms with Crippen molar-refractivity contribution in [3.63, 3.8) is 0 Å². The van der Waals surface area contributed by atoms with Crippen LogP contribution in [0.4, 0.5) is 5.69 Å². The van der Waals surface area contributed by atoms with Gasteiger partial charge in [-0.2, -0.15) is 0 Å². The first-order valence-corrected chi connectivity index (χ1v) is 5.71. The molecule has 1 amide bonds. The van der Waals surface area contributed by atoms with Gasteiger partial charge >= 0.3 is 0 Å². The van der Waals surface area contributed by atoms with E-state index in [0.717, 1.165) is 0 Å². The smallest absolute Gasteiger partial charge is 0.255 e. The van der Waals surface area contributed by atoms with Gasteiger partial charge in [-0.3, -0.25) is 9.59 Å². The second-order valence-electron chi connectivity index (χ2n) is 3.85. The number of hydrogen-bond donors (Lipinski definition) is 2. The summed E-state index contributed by atoms with van der Waals surface area (Å²) in [4.78, 5) is 25.8. The topological polar surface area (TPSA) is 62.0 Å². The Bertz CT molecular complexity index is 649. The van der Waals surface area contributed by atoms with Crippen molar-refractivity contribution >= 4 is 23.2 Å². The Balaban J connectivity index is 2.28. The van der Waals surface area contributed by atoms with Crippen molar-refractivity contribution in [1.29, 1.82) is 0 Å². The van der Waals surface area contributed by atoms with Crippen LogP contribution >= 0.6 is 11.6 Å². The highest BCUT2D eigenvalue weighted by molar-refractivity contribution is 6.33. The molecule has 2 aromatic rings. The second-order valence-corrected chi connectivity index (χ2v) is 4.26. The molecule has 0 fully saturated rings. The number of carbonyl (C=O) groups excluding carboxylic acids is 1. The zero-order valence-corrected chi connectivity index (χ0v) is 10.4. The highest BCUT2D eigenvalue weighted by Crippen LogP contribution is 2.20. The maximum absolute atomic E-state index is 11.9. The third-order valence-electron chi connectivity index (χ3n) is 2.36. The normalized spacial score (nSPS) is 10.1. The van der Waals surface area contributed by atoms with Gasteiger partial charge in [0.15, 0.2) is 0 Å². The predicted octanol–water partition coefficient (Wildman–Crippen LogP) is 2.59. The molecule has 4 nitrogen and oxygen atoms in total. The Morgan fingerprint density at radius 1 is 1.28 bits per heavy atom. The van der Waals surface area contributed by atoms with Gasteiger partial charge in [0, 0.05) is 17.3 Å². The van der Waals surface area contributed by atoms with E-state index in [1.165, 1.54) is 6.07 Å². The van der Waals surface area contributed by atoms with Gasteiger partial charge in [-0.05, 0) is 25.1 Å². The van der Waals surface area contributed by atoms with Crippen molar-refractivity contribution in [2.45, 2.75) is 6.92 Å². The van der Waals surface area contributed by atoms with Gasteiger partial charge in [0.25, 0.3) is 5.91 Å². The summed E-state index contributed by atoms with van der Waals surface area (Å²) in [5.41, 5.74) is 1.14. The van der Waals surface area contributed by atoms with E-state index in [0.29, 0.717) is 22.0 Å². The van der Waals surface area contributed by atoms with E-state index in [1.54, 1.807) is 37.3 Å². The van der Waals surface area contributed by atoms with Gasteiger partial charge < -0.3 is 10.3 Å². The number of hydrogen-bond acceptors (Lipinski definition) is 2. The standard InChI is InChI=1S/C13H11ClN2O2/c1-8-6-9(7-12(17)15-8)13(18)16-11-5-3-2-4-10(11)14/h2-7H,1H3,(H,15,17)(H,16,18). The first-order chi connectivity index (χ1) is 8.56. The fourth-order valence-corrected chi connectivity index (χ4v) is 1.75. The van der Waals surface area contributed by atoms with Crippen molar-refractivity contribution in [1.82, 2.24) is 4.98 Å². The van der Waals surface area contributed by atoms with Crippen LogP contribution in [0.25, 0.3) is 0 Å². The number of H-pyrrole nitrogens is 1. The van der Waals surface area contributed by atoms with Gasteiger partial charge in [0.05, 0.1) is 10.7 Å². The molecule has 92 valence electrons. The predicted molar refractivity (Wildman–Crippen MR) is 71.2 cm³/mol. The van der Waals surface area contributed by atoms with Crippen LogP contribution in [0.15, 0.2) is 41.2 Å². The molecule has 18 heavy (non-hydrogen) atoms. The molecule has 0 aliphatic carbocycles. The molecular weight excluding hydrogens is 252 g/mol. The number of anilines is 1. The highest BCUT2D eigenvalue weighted by Gasteiger charge is 2.09. The Morgan fingerprint density at radius 3 is 2.67 bits per heavy atom. The molecular formula is C13H11ClN2O2. The molecule has 0 aliphatic rings. The molecule has 5 heteroatoms. The summed E-state index contributed by atoms with van der Waals surface area (Å²) in [6.07, 6.45) is 0. The lowest BCUT2D eigenvalue weighted by Gasteiger charge is -2.07. The van der Waals surface area contributed by atoms with Crippen LogP contribution in [-0.4, -0.2) is 10.9 Å². The number of carbonyl (C=O) groups is 1. The first kappa shape index (κ1) is 12.4. The van der Waals surface area contributed by atoms with E-state index >= 15 is 0 Å². The summed E-state index contributed by atoms with van der Waals surface area (Å²) in [5.74, 6) is -0.364. The molecule has 0 atom stereocenters. The second kappa shape index (κ2) is 5.06. The summed E-state index contributed by atoms with van der Waals surface area (Å²) >= 11 is 5.94. The van der Waals surface area contributed by atoms with E-state index in [9.17, 15) is 9.59 Å². The van der Waals surface area contributed by atoms with E-state index in [4.69, 9.17) is 11.6 Å². The van der Waals surface area contributed by atoms with Gasteiger partial charge in [-0.1, -0.05) is 23.7 Å². The number of nitrogens with one attached hydrogen (secondary N) is 2. The van der Waals surface area contributed by atoms with Crippen molar-refractivity contribution in [3.05, 3.63) is 63.0 Å². The summed E-state index contributed by atoms with van der Waals surface area (Å²) in [6, 6.07) is 9.77. The summed E-state index contributed by atoms with van der Waals surface area (Å²) in [6.45, 7) is 1.72. The number of aromatic nitrogens is 1. The minimum absolute atomic E-state index is 0.302. The lowest BCUT2D eigenvalue weighted by molar-refractivity contribution is 0.102. The Hall–Kier alpha value is -2.07. The van der Waals surface area contributed by atoms with E-state index < -0.39 is 0 Å². The average Bonchev–Trinajstić information content (AvgIpc) is 2.31. The molecule has 0 saturated carbocycles. The zero-order chi connectivity index (χ0) is 13.1. The molecule has 1 heterocycles. The maximum atomic E-state index is 11.9. The monoisotopic (exact) mass is 262 g/mol. The van der Waals surface area contributed by atoms with Crippen molar-refractivity contribution in [2.24, 2.45) is 0 Å². The number of rotatable bonds is 2. The van der Waals surface area contributed by atoms with Gasteiger partial charge in [-0.25, -0.2) is 0 Å². The number of halogens is 1. The summed E-state index contributed by atoms with van der Waals surface area (Å²) < 4.78 is 0. The van der Waals surface area contributed by atoms with Gasteiger partial charge in [0.2, 0.25) is 5.56 Å². The third kappa shape index (κ3) is 2.78. The number of amides is 1. The van der Waals surface area contributed by atoms with E-state index in [1.807, 2.05) is 0 Å². The lowest BCUT2D eigenvalue weighted by atomic mass is 10.2. The van der Waals surface area contributed by atoms with Gasteiger partial charge in [0.1, 0.15) is 0 Å². The number of benzene rings is 1. The quantitative estimate of drug-likeness (QED) is 0.874. The molecule has 0 aliphatic heterocycles. The van der Waals surface area contributed by atoms with Crippen molar-refractivity contribution in [2.75, 3.05) is 5.32 Å². The first-order valence-electron chi connectivity index (χ1n) is 5.33. The van der Waals surface area contributed by atoms with Crippen LogP contribution in [0.1, 0.15) is 16.1 Å². The Labute approximate surface area is 109 Å². The van der Waals surface area contributed by atoms with E-state index in [2.05, 4.69) is 10.3 Å². The van der Waals surface area contributed by atoms with Crippen LogP contribution < -0.4 is 10.9 Å². The Morgan fingerprint density at radius 2 is 2.00 bits per heavy atom. The average molecular weight is 263 g/mol. The van der Waals surface area contributed by atoms with Gasteiger partial charge in [-0.15, -0.1) is 0 Å². The zero-order valence-electron chi connectivity index (χ0n) is 9.66. The Kier molecular flexibility index (Phi) is 3.48. The van der Waals surface area contributed by atoms with E-state index in [-0.39, 0.29) is 11.5 Å². The number of aryl methyl sites for hydroxylation is 1. The highest BCUT2D eigenvalue weighted by atomic mass is 35.5. The van der Waals surface area contributed by atoms with Crippen LogP contribution in [0.3, 0.4) is 0 Å². The van der Waals surface area contributed by atoms with Crippen LogP contribution in [-0.2, 0) is 0 Å². The maximum Gasteiger partial charge on any atom is 0.255 e. The number of pyridine rings is 1. The molecule has 1 aromatic heterocycles. The van der Waals surface area contributed by atoms with Crippen molar-refractivity contribution in [3.8, 4) is 0 Å². The summed E-state index contributed by atoms with van der Waals surface area (Å²) in [5, 5.41) is 3.11. The number of para-hydroxylation sites is 1. The van der Waals surface area contributed by atoms with Crippen LogP contribution in [0, 0.1) is 6.92 Å². The van der Waals surface area contributed by atoms with Crippen LogP contribution in [0.5, 0.6) is 0 Å². The minimum atomic E-state index is -0.364. The molecule has 0 unspecified atom stereocenters. The third-order valence-corrected chi connectivity index (χ3v) is 2.69. The molecule has 2 N–H and O–H groups in total. The molecule has 1 aromatic carbocycles. The molecule has 0 bridgehead atoms. The molecule has 0 saturated heterocycles. The SMILES string of the molecule is Cc1cc(C(=O)Nc2ccccc2Cl)cc(=O)[nH]1. The fourth-order valence-electron chi connectivity index (χ4n) is 1.57. The van der Waals surface area contributed by atoms with Crippen molar-refractivity contribution < 1.29 is 4.79 Å².